The van der Waals surface area contributed by atoms with Crippen molar-refractivity contribution in [1.82, 2.24) is 9.97 Å². The van der Waals surface area contributed by atoms with Gasteiger partial charge in [-0.3, -0.25) is 10.1 Å². The zero-order valence-electron chi connectivity index (χ0n) is 10.2. The average Bonchev–Trinajstić information content (AvgIpc) is 2.44. The second-order valence-corrected chi connectivity index (χ2v) is 4.72. The third-order valence-electron chi connectivity index (χ3n) is 2.49. The molecule has 0 saturated carbocycles. The smallest absolute Gasteiger partial charge is 0.354 e. The largest absolute Gasteiger partial charge is 0.360 e. The summed E-state index contributed by atoms with van der Waals surface area (Å²) >= 11 is 3.36. The Morgan fingerprint density at radius 3 is 2.75 bits per heavy atom. The van der Waals surface area contributed by atoms with E-state index in [-0.39, 0.29) is 17.3 Å². The summed E-state index contributed by atoms with van der Waals surface area (Å²) in [4.78, 5) is 18.1. The molecule has 2 rings (SSSR count). The Balaban J connectivity index is 2.23. The highest BCUT2D eigenvalue weighted by molar-refractivity contribution is 9.10. The molecule has 1 aromatic heterocycles. The molecule has 0 fully saturated rings. The van der Waals surface area contributed by atoms with Crippen LogP contribution in [0.5, 0.6) is 0 Å². The first-order valence-electron chi connectivity index (χ1n) is 5.56. The number of hydrogen-bond acceptors (Lipinski definition) is 7. The van der Waals surface area contributed by atoms with Gasteiger partial charge in [-0.05, 0) is 17.7 Å². The van der Waals surface area contributed by atoms with Gasteiger partial charge in [0.1, 0.15) is 6.33 Å². The van der Waals surface area contributed by atoms with Gasteiger partial charge in [0.25, 0.3) is 0 Å². The summed E-state index contributed by atoms with van der Waals surface area (Å²) in [6.45, 7) is 0.390. The van der Waals surface area contributed by atoms with E-state index in [1.165, 1.54) is 6.33 Å². The number of hydrazine groups is 1. The zero-order valence-corrected chi connectivity index (χ0v) is 11.8. The molecular weight excluding hydrogens is 328 g/mol. The fourth-order valence-corrected chi connectivity index (χ4v) is 2.07. The summed E-state index contributed by atoms with van der Waals surface area (Å²) in [6.07, 6.45) is 1.20. The molecule has 9 heteroatoms. The van der Waals surface area contributed by atoms with Gasteiger partial charge in [-0.25, -0.2) is 15.8 Å². The predicted octanol–water partition coefficient (Wildman–Crippen LogP) is 2.04. The number of nitro groups is 1. The van der Waals surface area contributed by atoms with E-state index < -0.39 is 4.92 Å². The van der Waals surface area contributed by atoms with Crippen molar-refractivity contribution in [2.45, 2.75) is 6.54 Å². The van der Waals surface area contributed by atoms with E-state index in [1.807, 2.05) is 24.3 Å². The van der Waals surface area contributed by atoms with Crippen LogP contribution in [0.1, 0.15) is 5.56 Å². The molecule has 0 unspecified atom stereocenters. The molecule has 0 aliphatic rings. The number of nitrogens with zero attached hydrogens (tertiary/aromatic N) is 3. The van der Waals surface area contributed by atoms with Crippen LogP contribution in [0.2, 0.25) is 0 Å². The molecule has 104 valence electrons. The number of nitrogen functional groups attached to an aromatic ring is 1. The number of halogens is 1. The first-order valence-corrected chi connectivity index (χ1v) is 6.35. The first kappa shape index (κ1) is 14.2. The normalized spacial score (nSPS) is 10.1. The van der Waals surface area contributed by atoms with E-state index in [2.05, 4.69) is 36.6 Å². The van der Waals surface area contributed by atoms with Gasteiger partial charge in [0, 0.05) is 11.0 Å². The maximum absolute atomic E-state index is 11.0. The lowest BCUT2D eigenvalue weighted by atomic mass is 10.2. The Morgan fingerprint density at radius 2 is 2.10 bits per heavy atom. The Labute approximate surface area is 122 Å². The Bertz CT molecular complexity index is 636. The molecule has 0 aliphatic heterocycles. The zero-order chi connectivity index (χ0) is 14.5. The number of rotatable bonds is 5. The molecule has 0 radical (unpaired) electrons. The summed E-state index contributed by atoms with van der Waals surface area (Å²) in [7, 11) is 0. The van der Waals surface area contributed by atoms with Crippen LogP contribution in [0.3, 0.4) is 0 Å². The molecule has 1 aromatic carbocycles. The third-order valence-corrected chi connectivity index (χ3v) is 2.98. The van der Waals surface area contributed by atoms with Crippen LogP contribution in [-0.4, -0.2) is 14.9 Å². The molecule has 4 N–H and O–H groups in total. The minimum atomic E-state index is -0.585. The lowest BCUT2D eigenvalue weighted by Gasteiger charge is -2.08. The van der Waals surface area contributed by atoms with Gasteiger partial charge < -0.3 is 10.7 Å². The summed E-state index contributed by atoms with van der Waals surface area (Å²) < 4.78 is 0.929. The standard InChI is InChI=1S/C11H11BrN6O2/c12-8-3-1-2-7(4-8)5-14-10-9(18(19)20)11(17-13)16-6-15-10/h1-4,6H,5,13H2,(H2,14,15,16,17). The number of nitrogens with one attached hydrogen (secondary N) is 2. The van der Waals surface area contributed by atoms with Crippen molar-refractivity contribution in [1.29, 1.82) is 0 Å². The van der Waals surface area contributed by atoms with Gasteiger partial charge in [0.15, 0.2) is 0 Å². The summed E-state index contributed by atoms with van der Waals surface area (Å²) in [5.41, 5.74) is 2.85. The fraction of sp³-hybridized carbons (Fsp3) is 0.0909. The van der Waals surface area contributed by atoms with Crippen LogP contribution in [-0.2, 0) is 6.54 Å². The summed E-state index contributed by atoms with van der Waals surface area (Å²) in [5.74, 6) is 5.27. The van der Waals surface area contributed by atoms with E-state index in [0.29, 0.717) is 6.54 Å². The van der Waals surface area contributed by atoms with Gasteiger partial charge in [-0.15, -0.1) is 0 Å². The second kappa shape index (κ2) is 6.26. The van der Waals surface area contributed by atoms with E-state index in [0.717, 1.165) is 10.0 Å². The molecule has 2 aromatic rings. The SMILES string of the molecule is NNc1ncnc(NCc2cccc(Br)c2)c1[N+](=O)[O-]. The highest BCUT2D eigenvalue weighted by Gasteiger charge is 2.22. The van der Waals surface area contributed by atoms with Crippen molar-refractivity contribution >= 4 is 33.3 Å². The highest BCUT2D eigenvalue weighted by Crippen LogP contribution is 2.28. The minimum absolute atomic E-state index is 0.0401. The Morgan fingerprint density at radius 1 is 1.35 bits per heavy atom. The maximum Gasteiger partial charge on any atom is 0.354 e. The second-order valence-electron chi connectivity index (χ2n) is 3.80. The fourth-order valence-electron chi connectivity index (χ4n) is 1.62. The Hall–Kier alpha value is -2.26. The molecule has 0 spiro atoms. The van der Waals surface area contributed by atoms with Crippen LogP contribution in [0.4, 0.5) is 17.3 Å². The summed E-state index contributed by atoms with van der Waals surface area (Å²) in [5, 5.41) is 14.0. The van der Waals surface area contributed by atoms with E-state index >= 15 is 0 Å². The van der Waals surface area contributed by atoms with Crippen LogP contribution < -0.4 is 16.6 Å². The lowest BCUT2D eigenvalue weighted by Crippen LogP contribution is -2.13. The monoisotopic (exact) mass is 338 g/mol. The lowest BCUT2D eigenvalue weighted by molar-refractivity contribution is -0.383. The number of benzene rings is 1. The maximum atomic E-state index is 11.0. The molecule has 0 atom stereocenters. The third kappa shape index (κ3) is 3.19. The van der Waals surface area contributed by atoms with Crippen molar-refractivity contribution in [3.05, 3.63) is 50.7 Å². The van der Waals surface area contributed by atoms with Crippen molar-refractivity contribution in [2.75, 3.05) is 10.7 Å². The molecule has 0 saturated heterocycles. The van der Waals surface area contributed by atoms with E-state index in [9.17, 15) is 10.1 Å². The molecular formula is C11H11BrN6O2. The van der Waals surface area contributed by atoms with Gasteiger partial charge in [0.2, 0.25) is 11.6 Å². The first-order chi connectivity index (χ1) is 9.61. The number of hydrogen-bond donors (Lipinski definition) is 3. The van der Waals surface area contributed by atoms with E-state index in [4.69, 9.17) is 5.84 Å². The number of anilines is 2. The molecule has 0 amide bonds. The number of nitrogens with two attached hydrogens (primary N) is 1. The highest BCUT2D eigenvalue weighted by atomic mass is 79.9. The van der Waals surface area contributed by atoms with Crippen LogP contribution in [0.25, 0.3) is 0 Å². The molecule has 1 heterocycles. The molecule has 8 nitrogen and oxygen atoms in total. The van der Waals surface area contributed by atoms with E-state index in [1.54, 1.807) is 0 Å². The average molecular weight is 339 g/mol. The molecule has 0 bridgehead atoms. The molecule has 20 heavy (non-hydrogen) atoms. The van der Waals surface area contributed by atoms with Crippen molar-refractivity contribution in [3.8, 4) is 0 Å². The quantitative estimate of drug-likeness (QED) is 0.433. The Kier molecular flexibility index (Phi) is 4.43. The van der Waals surface area contributed by atoms with Gasteiger partial charge in [-0.2, -0.15) is 0 Å². The van der Waals surface area contributed by atoms with Gasteiger partial charge in [0.05, 0.1) is 4.92 Å². The van der Waals surface area contributed by atoms with Crippen LogP contribution >= 0.6 is 15.9 Å². The van der Waals surface area contributed by atoms with Crippen molar-refractivity contribution in [3.63, 3.8) is 0 Å². The van der Waals surface area contributed by atoms with Crippen LogP contribution in [0.15, 0.2) is 35.1 Å². The topological polar surface area (TPSA) is 119 Å². The van der Waals surface area contributed by atoms with Crippen molar-refractivity contribution in [2.24, 2.45) is 5.84 Å². The summed E-state index contributed by atoms with van der Waals surface area (Å²) in [6, 6.07) is 7.57. The van der Waals surface area contributed by atoms with Gasteiger partial charge >= 0.3 is 5.69 Å². The number of aromatic nitrogens is 2. The predicted molar refractivity (Wildman–Crippen MR) is 78.0 cm³/mol. The van der Waals surface area contributed by atoms with Gasteiger partial charge in [-0.1, -0.05) is 28.1 Å². The minimum Gasteiger partial charge on any atom is -0.360 e. The van der Waals surface area contributed by atoms with Crippen LogP contribution in [0, 0.1) is 10.1 Å². The van der Waals surface area contributed by atoms with Crippen molar-refractivity contribution < 1.29 is 4.92 Å². The molecule has 0 aliphatic carbocycles.